The highest BCUT2D eigenvalue weighted by Gasteiger charge is 2.25. The monoisotopic (exact) mass is 293 g/mol. The number of nitrogens with two attached hydrogens (primary N) is 2. The topological polar surface area (TPSA) is 127 Å². The molecule has 0 fully saturated rings. The Morgan fingerprint density at radius 3 is 2.43 bits per heavy atom. The largest absolute Gasteiger partial charge is 0.481 e. The van der Waals surface area contributed by atoms with Crippen LogP contribution in [0, 0.1) is 6.92 Å². The number of anilines is 1. The Bertz CT molecular complexity index is 545. The number of rotatable bonds is 7. The third kappa shape index (κ3) is 4.88. The zero-order valence-electron chi connectivity index (χ0n) is 11.8. The van der Waals surface area contributed by atoms with E-state index in [2.05, 4.69) is 0 Å². The molecule has 5 N–H and O–H groups in total. The van der Waals surface area contributed by atoms with Crippen LogP contribution in [0.25, 0.3) is 0 Å². The molecule has 0 bridgehead atoms. The van der Waals surface area contributed by atoms with Gasteiger partial charge in [0.1, 0.15) is 0 Å². The van der Waals surface area contributed by atoms with Gasteiger partial charge in [-0.3, -0.25) is 14.4 Å². The van der Waals surface area contributed by atoms with Gasteiger partial charge in [-0.25, -0.2) is 0 Å². The molecule has 2 amide bonds. The third-order valence-corrected chi connectivity index (χ3v) is 2.96. The Kier molecular flexibility index (Phi) is 5.86. The van der Waals surface area contributed by atoms with Crippen molar-refractivity contribution < 1.29 is 19.5 Å². The molecule has 0 aliphatic heterocycles. The van der Waals surface area contributed by atoms with Crippen molar-refractivity contribution in [1.29, 1.82) is 0 Å². The summed E-state index contributed by atoms with van der Waals surface area (Å²) in [5.74, 6) is -2.23. The molecular formula is C14H19N3O4. The maximum atomic E-state index is 12.3. The molecule has 1 atom stereocenters. The molecule has 0 spiro atoms. The van der Waals surface area contributed by atoms with E-state index < -0.39 is 23.8 Å². The molecule has 0 radical (unpaired) electrons. The molecular weight excluding hydrogens is 274 g/mol. The number of hydrogen-bond acceptors (Lipinski definition) is 4. The molecule has 7 heteroatoms. The van der Waals surface area contributed by atoms with Gasteiger partial charge >= 0.3 is 5.97 Å². The first-order valence-electron chi connectivity index (χ1n) is 6.45. The predicted octanol–water partition coefficient (Wildman–Crippen LogP) is 0.00542. The quantitative estimate of drug-likeness (QED) is 0.652. The first-order chi connectivity index (χ1) is 9.82. The molecule has 1 aromatic carbocycles. The van der Waals surface area contributed by atoms with Gasteiger partial charge in [0.15, 0.2) is 0 Å². The normalized spacial score (nSPS) is 11.7. The predicted molar refractivity (Wildman–Crippen MR) is 77.6 cm³/mol. The smallest absolute Gasteiger partial charge is 0.305 e. The Labute approximate surface area is 122 Å². The molecule has 0 aliphatic rings. The molecule has 0 aliphatic carbocycles. The van der Waals surface area contributed by atoms with E-state index in [9.17, 15) is 14.4 Å². The Morgan fingerprint density at radius 2 is 1.90 bits per heavy atom. The van der Waals surface area contributed by atoms with Gasteiger partial charge < -0.3 is 21.5 Å². The molecule has 0 aromatic heterocycles. The molecule has 0 saturated carbocycles. The van der Waals surface area contributed by atoms with Crippen molar-refractivity contribution in [3.63, 3.8) is 0 Å². The summed E-state index contributed by atoms with van der Waals surface area (Å²) >= 11 is 0. The standard InChI is InChI=1S/C14H19N3O4/c1-9-4-2-3-5-11(9)17(7-6-13(19)20)14(21)10(15)8-12(16)18/h2-5,10H,6-8,15H2,1H3,(H2,16,18)(H,19,20). The summed E-state index contributed by atoms with van der Waals surface area (Å²) in [6.45, 7) is 1.78. The van der Waals surface area contributed by atoms with E-state index in [0.717, 1.165) is 5.56 Å². The number of aryl methyl sites for hydroxylation is 1. The highest BCUT2D eigenvalue weighted by Crippen LogP contribution is 2.20. The van der Waals surface area contributed by atoms with Gasteiger partial charge in [0.25, 0.3) is 0 Å². The minimum atomic E-state index is -1.09. The van der Waals surface area contributed by atoms with Crippen LogP contribution < -0.4 is 16.4 Å². The van der Waals surface area contributed by atoms with Gasteiger partial charge in [0.2, 0.25) is 11.8 Å². The summed E-state index contributed by atoms with van der Waals surface area (Å²) in [5.41, 5.74) is 12.1. The number of amides is 2. The van der Waals surface area contributed by atoms with Gasteiger partial charge in [-0.05, 0) is 18.6 Å². The fourth-order valence-corrected chi connectivity index (χ4v) is 1.93. The maximum absolute atomic E-state index is 12.3. The fraction of sp³-hybridized carbons (Fsp3) is 0.357. The van der Waals surface area contributed by atoms with E-state index in [1.165, 1.54) is 4.90 Å². The second-order valence-electron chi connectivity index (χ2n) is 4.70. The lowest BCUT2D eigenvalue weighted by Crippen LogP contribution is -2.46. The van der Waals surface area contributed by atoms with Crippen LogP contribution in [0.1, 0.15) is 18.4 Å². The Hall–Kier alpha value is -2.41. The van der Waals surface area contributed by atoms with Crippen molar-refractivity contribution in [1.82, 2.24) is 0 Å². The number of primary amides is 1. The van der Waals surface area contributed by atoms with Crippen LogP contribution in [0.4, 0.5) is 5.69 Å². The number of benzene rings is 1. The van der Waals surface area contributed by atoms with Crippen LogP contribution in [0.2, 0.25) is 0 Å². The third-order valence-electron chi connectivity index (χ3n) is 2.96. The van der Waals surface area contributed by atoms with Crippen molar-refractivity contribution >= 4 is 23.5 Å². The molecule has 1 rings (SSSR count). The SMILES string of the molecule is Cc1ccccc1N(CCC(=O)O)C(=O)C(N)CC(N)=O. The molecule has 1 aromatic rings. The molecule has 0 heterocycles. The summed E-state index contributed by atoms with van der Waals surface area (Å²) in [4.78, 5) is 35.3. The molecule has 21 heavy (non-hydrogen) atoms. The summed E-state index contributed by atoms with van der Waals surface area (Å²) in [6.07, 6.45) is -0.502. The Morgan fingerprint density at radius 1 is 1.29 bits per heavy atom. The average molecular weight is 293 g/mol. The highest BCUT2D eigenvalue weighted by atomic mass is 16.4. The second-order valence-corrected chi connectivity index (χ2v) is 4.70. The number of carbonyl (C=O) groups excluding carboxylic acids is 2. The van der Waals surface area contributed by atoms with Crippen LogP contribution in [-0.2, 0) is 14.4 Å². The van der Waals surface area contributed by atoms with E-state index >= 15 is 0 Å². The second kappa shape index (κ2) is 7.39. The van der Waals surface area contributed by atoms with Crippen LogP contribution in [-0.4, -0.2) is 35.5 Å². The van der Waals surface area contributed by atoms with Crippen molar-refractivity contribution in [3.05, 3.63) is 29.8 Å². The van der Waals surface area contributed by atoms with Gasteiger partial charge in [-0.1, -0.05) is 18.2 Å². The van der Waals surface area contributed by atoms with Gasteiger partial charge in [0.05, 0.1) is 18.9 Å². The summed E-state index contributed by atoms with van der Waals surface area (Å²) in [7, 11) is 0. The van der Waals surface area contributed by atoms with Crippen molar-refractivity contribution in [2.24, 2.45) is 11.5 Å². The molecule has 0 saturated heterocycles. The highest BCUT2D eigenvalue weighted by molar-refractivity contribution is 6.00. The molecule has 7 nitrogen and oxygen atoms in total. The number of nitrogens with zero attached hydrogens (tertiary/aromatic N) is 1. The van der Waals surface area contributed by atoms with Crippen molar-refractivity contribution in [3.8, 4) is 0 Å². The van der Waals surface area contributed by atoms with Crippen LogP contribution in [0.3, 0.4) is 0 Å². The first-order valence-corrected chi connectivity index (χ1v) is 6.45. The first kappa shape index (κ1) is 16.6. The van der Waals surface area contributed by atoms with Crippen LogP contribution >= 0.6 is 0 Å². The van der Waals surface area contributed by atoms with Crippen molar-refractivity contribution in [2.75, 3.05) is 11.4 Å². The zero-order valence-corrected chi connectivity index (χ0v) is 11.8. The molecule has 114 valence electrons. The summed E-state index contributed by atoms with van der Waals surface area (Å²) in [6, 6.07) is 5.96. The number of aliphatic carboxylic acids is 1. The van der Waals surface area contributed by atoms with Crippen LogP contribution in [0.15, 0.2) is 24.3 Å². The van der Waals surface area contributed by atoms with Crippen molar-refractivity contribution in [2.45, 2.75) is 25.8 Å². The number of hydrogen-bond donors (Lipinski definition) is 3. The lowest BCUT2D eigenvalue weighted by molar-refractivity contribution is -0.136. The number of carboxylic acids is 1. The minimum absolute atomic E-state index is 0.0223. The zero-order chi connectivity index (χ0) is 16.0. The number of carboxylic acid groups (broad SMARTS) is 1. The maximum Gasteiger partial charge on any atom is 0.305 e. The van der Waals surface area contributed by atoms with Gasteiger partial charge in [-0.2, -0.15) is 0 Å². The number of carbonyl (C=O) groups is 3. The summed E-state index contributed by atoms with van der Waals surface area (Å²) in [5, 5.41) is 8.80. The van der Waals surface area contributed by atoms with Gasteiger partial charge in [-0.15, -0.1) is 0 Å². The van der Waals surface area contributed by atoms with E-state index in [1.807, 2.05) is 6.07 Å². The number of para-hydroxylation sites is 1. The van der Waals surface area contributed by atoms with E-state index in [1.54, 1.807) is 25.1 Å². The minimum Gasteiger partial charge on any atom is -0.481 e. The Balaban J connectivity index is 3.02. The lowest BCUT2D eigenvalue weighted by Gasteiger charge is -2.26. The van der Waals surface area contributed by atoms with Crippen LogP contribution in [0.5, 0.6) is 0 Å². The summed E-state index contributed by atoms with van der Waals surface area (Å²) < 4.78 is 0. The van der Waals surface area contributed by atoms with E-state index in [0.29, 0.717) is 5.69 Å². The lowest BCUT2D eigenvalue weighted by atomic mass is 10.1. The average Bonchev–Trinajstić information content (AvgIpc) is 2.39. The van der Waals surface area contributed by atoms with Gasteiger partial charge in [0, 0.05) is 12.2 Å². The fourth-order valence-electron chi connectivity index (χ4n) is 1.93. The van der Waals surface area contributed by atoms with E-state index in [4.69, 9.17) is 16.6 Å². The van der Waals surface area contributed by atoms with E-state index in [-0.39, 0.29) is 19.4 Å². The molecule has 1 unspecified atom stereocenters.